The molecule has 1 rings (SSSR count). The molecule has 1 aromatic rings. The largest absolute Gasteiger partial charge is 0.382 e. The van der Waals surface area contributed by atoms with E-state index in [1.54, 1.807) is 21.0 Å². The molecule has 124 valence electrons. The minimum atomic E-state index is -0.483. The molecule has 1 amide bonds. The lowest BCUT2D eigenvalue weighted by Crippen LogP contribution is -2.29. The molecule has 1 aromatic heterocycles. The van der Waals surface area contributed by atoms with Crippen molar-refractivity contribution in [3.05, 3.63) is 21.5 Å². The minimum absolute atomic E-state index is 0.0367. The van der Waals surface area contributed by atoms with Crippen LogP contribution in [0, 0.1) is 24.0 Å². The molecule has 22 heavy (non-hydrogen) atoms. The Morgan fingerprint density at radius 3 is 2.68 bits per heavy atom. The van der Waals surface area contributed by atoms with Crippen molar-refractivity contribution in [1.29, 1.82) is 0 Å². The second kappa shape index (κ2) is 9.11. The lowest BCUT2D eigenvalue weighted by atomic mass is 10.3. The summed E-state index contributed by atoms with van der Waals surface area (Å²) in [6.07, 6.45) is 0.687. The maximum absolute atomic E-state index is 11.8. The Kier molecular flexibility index (Phi) is 7.47. The number of ether oxygens (including phenoxy) is 2. The molecule has 0 aromatic carbocycles. The highest BCUT2D eigenvalue weighted by atomic mass is 16.6. The van der Waals surface area contributed by atoms with Crippen LogP contribution in [-0.2, 0) is 20.8 Å². The van der Waals surface area contributed by atoms with Gasteiger partial charge in [0, 0.05) is 20.3 Å². The molecule has 9 nitrogen and oxygen atoms in total. The molecule has 0 aliphatic heterocycles. The average molecular weight is 314 g/mol. The lowest BCUT2D eigenvalue weighted by molar-refractivity contribution is -0.386. The summed E-state index contributed by atoms with van der Waals surface area (Å²) in [7, 11) is 1.60. The van der Waals surface area contributed by atoms with Crippen LogP contribution < -0.4 is 5.32 Å². The quantitative estimate of drug-likeness (QED) is 0.384. The zero-order valence-electron chi connectivity index (χ0n) is 13.1. The zero-order chi connectivity index (χ0) is 16.5. The van der Waals surface area contributed by atoms with Crippen molar-refractivity contribution in [1.82, 2.24) is 15.1 Å². The number of methoxy groups -OCH3 is 1. The highest BCUT2D eigenvalue weighted by Gasteiger charge is 2.22. The molecular weight excluding hydrogens is 292 g/mol. The topological polar surface area (TPSA) is 109 Å². The summed E-state index contributed by atoms with van der Waals surface area (Å²) >= 11 is 0. The summed E-state index contributed by atoms with van der Waals surface area (Å²) in [5, 5.41) is 17.6. The fraction of sp³-hybridized carbons (Fsp3) is 0.692. The number of nitro groups is 1. The van der Waals surface area contributed by atoms with Crippen LogP contribution in [0.3, 0.4) is 0 Å². The summed E-state index contributed by atoms with van der Waals surface area (Å²) in [4.78, 5) is 22.2. The van der Waals surface area contributed by atoms with Crippen molar-refractivity contribution in [3.63, 3.8) is 0 Å². The van der Waals surface area contributed by atoms with Gasteiger partial charge in [-0.15, -0.1) is 0 Å². The van der Waals surface area contributed by atoms with E-state index in [4.69, 9.17) is 9.47 Å². The first-order chi connectivity index (χ1) is 10.5. The first kappa shape index (κ1) is 18.1. The van der Waals surface area contributed by atoms with Gasteiger partial charge in [-0.25, -0.2) is 0 Å². The van der Waals surface area contributed by atoms with Gasteiger partial charge < -0.3 is 14.8 Å². The van der Waals surface area contributed by atoms with Crippen molar-refractivity contribution < 1.29 is 19.2 Å². The van der Waals surface area contributed by atoms with Crippen LogP contribution >= 0.6 is 0 Å². The summed E-state index contributed by atoms with van der Waals surface area (Å²) in [6.45, 7) is 5.18. The van der Waals surface area contributed by atoms with Gasteiger partial charge in [0.2, 0.25) is 5.91 Å². The molecule has 0 fully saturated rings. The molecule has 0 unspecified atom stereocenters. The molecular formula is C13H22N4O5. The Balaban J connectivity index is 2.34. The predicted octanol–water partition coefficient (Wildman–Crippen LogP) is 0.577. The SMILES string of the molecule is COCCOCCCNC(=O)Cn1nc(C)c([N+](=O)[O-])c1C. The Hall–Kier alpha value is -2.00. The molecule has 1 heterocycles. The van der Waals surface area contributed by atoms with E-state index < -0.39 is 4.92 Å². The number of rotatable bonds is 10. The second-order valence-corrected chi connectivity index (χ2v) is 4.74. The molecule has 0 bridgehead atoms. The van der Waals surface area contributed by atoms with E-state index in [2.05, 4.69) is 10.4 Å². The molecule has 1 N–H and O–H groups in total. The molecule has 9 heteroatoms. The number of aromatic nitrogens is 2. The number of aryl methyl sites for hydroxylation is 1. The summed E-state index contributed by atoms with van der Waals surface area (Å²) < 4.78 is 11.5. The Morgan fingerprint density at radius 2 is 2.09 bits per heavy atom. The zero-order valence-corrected chi connectivity index (χ0v) is 13.1. The number of nitrogens with zero attached hydrogens (tertiary/aromatic N) is 3. The van der Waals surface area contributed by atoms with Gasteiger partial charge in [0.05, 0.1) is 18.1 Å². The Morgan fingerprint density at radius 1 is 1.36 bits per heavy atom. The second-order valence-electron chi connectivity index (χ2n) is 4.74. The minimum Gasteiger partial charge on any atom is -0.382 e. The normalized spacial score (nSPS) is 10.7. The van der Waals surface area contributed by atoms with Gasteiger partial charge in [0.25, 0.3) is 0 Å². The first-order valence-electron chi connectivity index (χ1n) is 6.99. The third-order valence-electron chi connectivity index (χ3n) is 3.04. The Bertz CT molecular complexity index is 515. The van der Waals surface area contributed by atoms with Crippen LogP contribution in [0.5, 0.6) is 0 Å². The van der Waals surface area contributed by atoms with Crippen LogP contribution in [-0.4, -0.2) is 54.1 Å². The van der Waals surface area contributed by atoms with Crippen molar-refractivity contribution >= 4 is 11.6 Å². The van der Waals surface area contributed by atoms with Gasteiger partial charge in [-0.2, -0.15) is 5.10 Å². The highest BCUT2D eigenvalue weighted by Crippen LogP contribution is 2.21. The van der Waals surface area contributed by atoms with Gasteiger partial charge in [-0.1, -0.05) is 0 Å². The Labute approximate surface area is 128 Å². The number of carbonyl (C=O) groups is 1. The number of carbonyl (C=O) groups excluding carboxylic acids is 1. The number of nitrogens with one attached hydrogen (secondary N) is 1. The van der Waals surface area contributed by atoms with Crippen LogP contribution in [0.2, 0.25) is 0 Å². The molecule has 0 saturated carbocycles. The van der Waals surface area contributed by atoms with Gasteiger partial charge >= 0.3 is 5.69 Å². The van der Waals surface area contributed by atoms with E-state index in [0.717, 1.165) is 0 Å². The maximum Gasteiger partial charge on any atom is 0.312 e. The number of hydrogen-bond donors (Lipinski definition) is 1. The van der Waals surface area contributed by atoms with Gasteiger partial charge in [-0.3, -0.25) is 19.6 Å². The molecule has 0 spiro atoms. The van der Waals surface area contributed by atoms with E-state index in [1.807, 2.05) is 0 Å². The molecule has 0 atom stereocenters. The van der Waals surface area contributed by atoms with Crippen LogP contribution in [0.25, 0.3) is 0 Å². The standard InChI is InChI=1S/C13H22N4O5/c1-10-13(17(19)20)11(2)16(15-10)9-12(18)14-5-4-6-22-8-7-21-3/h4-9H2,1-3H3,(H,14,18). The first-order valence-corrected chi connectivity index (χ1v) is 6.99. The van der Waals surface area contributed by atoms with Crippen molar-refractivity contribution in [3.8, 4) is 0 Å². The number of amides is 1. The highest BCUT2D eigenvalue weighted by molar-refractivity contribution is 5.75. The van der Waals surface area contributed by atoms with Crippen molar-refractivity contribution in [2.24, 2.45) is 0 Å². The monoisotopic (exact) mass is 314 g/mol. The maximum atomic E-state index is 11.8. The lowest BCUT2D eigenvalue weighted by Gasteiger charge is -2.07. The molecule has 0 aliphatic carbocycles. The van der Waals surface area contributed by atoms with Crippen molar-refractivity contribution in [2.75, 3.05) is 33.5 Å². The summed E-state index contributed by atoms with van der Waals surface area (Å²) in [5.41, 5.74) is 0.640. The summed E-state index contributed by atoms with van der Waals surface area (Å²) in [6, 6.07) is 0. The number of hydrogen-bond acceptors (Lipinski definition) is 6. The fourth-order valence-corrected chi connectivity index (χ4v) is 1.94. The fourth-order valence-electron chi connectivity index (χ4n) is 1.94. The van der Waals surface area contributed by atoms with E-state index in [0.29, 0.717) is 44.2 Å². The average Bonchev–Trinajstić information content (AvgIpc) is 2.72. The third kappa shape index (κ3) is 5.41. The van der Waals surface area contributed by atoms with Gasteiger partial charge in [0.15, 0.2) is 0 Å². The predicted molar refractivity (Wildman–Crippen MR) is 78.7 cm³/mol. The van der Waals surface area contributed by atoms with Gasteiger partial charge in [0.1, 0.15) is 17.9 Å². The van der Waals surface area contributed by atoms with Crippen LogP contribution in [0.1, 0.15) is 17.8 Å². The van der Waals surface area contributed by atoms with E-state index in [9.17, 15) is 14.9 Å². The third-order valence-corrected chi connectivity index (χ3v) is 3.04. The van der Waals surface area contributed by atoms with Crippen LogP contribution in [0.4, 0.5) is 5.69 Å². The van der Waals surface area contributed by atoms with Crippen LogP contribution in [0.15, 0.2) is 0 Å². The van der Waals surface area contributed by atoms with E-state index >= 15 is 0 Å². The molecule has 0 radical (unpaired) electrons. The summed E-state index contributed by atoms with van der Waals surface area (Å²) in [5.74, 6) is -0.239. The van der Waals surface area contributed by atoms with Crippen molar-refractivity contribution in [2.45, 2.75) is 26.8 Å². The smallest absolute Gasteiger partial charge is 0.312 e. The van der Waals surface area contributed by atoms with E-state index in [1.165, 1.54) is 4.68 Å². The molecule has 0 aliphatic rings. The van der Waals surface area contributed by atoms with E-state index in [-0.39, 0.29) is 18.1 Å². The van der Waals surface area contributed by atoms with Gasteiger partial charge in [-0.05, 0) is 20.3 Å². The molecule has 0 saturated heterocycles.